The van der Waals surface area contributed by atoms with Gasteiger partial charge in [0.1, 0.15) is 6.33 Å². The highest BCUT2D eigenvalue weighted by molar-refractivity contribution is 8.00. The van der Waals surface area contributed by atoms with Crippen molar-refractivity contribution in [2.45, 2.75) is 29.5 Å². The number of nitrogens with one attached hydrogen (secondary N) is 1. The summed E-state index contributed by atoms with van der Waals surface area (Å²) in [6.45, 7) is 1.50. The molecule has 0 spiro atoms. The summed E-state index contributed by atoms with van der Waals surface area (Å²) in [4.78, 5) is 20.3. The van der Waals surface area contributed by atoms with E-state index in [1.54, 1.807) is 0 Å². The summed E-state index contributed by atoms with van der Waals surface area (Å²) in [5.41, 5.74) is -5.85. The zero-order valence-electron chi connectivity index (χ0n) is 15.9. The Morgan fingerprint density at radius 2 is 1.84 bits per heavy atom. The minimum Gasteiger partial charge on any atom is -0.342 e. The number of amides is 1. The number of hydrogen-bond acceptors (Lipinski definition) is 5. The van der Waals surface area contributed by atoms with Crippen LogP contribution in [0.15, 0.2) is 47.8 Å². The zero-order chi connectivity index (χ0) is 23.7. The molecule has 2 aromatic heterocycles. The summed E-state index contributed by atoms with van der Waals surface area (Å²) in [5.74, 6) is -0.558. The van der Waals surface area contributed by atoms with E-state index in [0.717, 1.165) is 18.6 Å². The number of alkyl halides is 6. The second kappa shape index (κ2) is 8.98. The van der Waals surface area contributed by atoms with E-state index in [0.29, 0.717) is 12.1 Å². The van der Waals surface area contributed by atoms with Crippen molar-refractivity contribution in [3.05, 3.63) is 64.8 Å². The summed E-state index contributed by atoms with van der Waals surface area (Å²) < 4.78 is 77.5. The molecular formula is C18H12ClF6N5OS. The van der Waals surface area contributed by atoms with Crippen LogP contribution in [-0.2, 0) is 6.18 Å². The monoisotopic (exact) mass is 495 g/mol. The maximum absolute atomic E-state index is 13.0. The molecule has 3 rings (SSSR count). The van der Waals surface area contributed by atoms with Crippen molar-refractivity contribution in [3.8, 4) is 5.82 Å². The first-order valence-electron chi connectivity index (χ1n) is 8.64. The lowest BCUT2D eigenvalue weighted by Gasteiger charge is -2.15. The van der Waals surface area contributed by atoms with Gasteiger partial charge in [0.15, 0.2) is 11.6 Å². The van der Waals surface area contributed by atoms with Crippen molar-refractivity contribution in [1.82, 2.24) is 25.1 Å². The number of carbonyl (C=O) groups is 1. The number of rotatable bonds is 5. The fourth-order valence-electron chi connectivity index (χ4n) is 2.64. The maximum Gasteiger partial charge on any atom is 0.446 e. The fraction of sp³-hybridized carbons (Fsp3) is 0.222. The van der Waals surface area contributed by atoms with Gasteiger partial charge in [-0.05, 0) is 49.0 Å². The summed E-state index contributed by atoms with van der Waals surface area (Å²) in [6, 6.07) is 4.08. The molecule has 14 heteroatoms. The van der Waals surface area contributed by atoms with Crippen LogP contribution in [0.3, 0.4) is 0 Å². The van der Waals surface area contributed by atoms with E-state index in [2.05, 4.69) is 20.4 Å². The van der Waals surface area contributed by atoms with Gasteiger partial charge in [0, 0.05) is 21.7 Å². The van der Waals surface area contributed by atoms with Crippen LogP contribution >= 0.6 is 23.4 Å². The van der Waals surface area contributed by atoms with Crippen molar-refractivity contribution in [2.75, 3.05) is 0 Å². The van der Waals surface area contributed by atoms with Gasteiger partial charge < -0.3 is 5.32 Å². The topological polar surface area (TPSA) is 72.7 Å². The van der Waals surface area contributed by atoms with Gasteiger partial charge in [0.05, 0.1) is 11.6 Å². The molecule has 1 N–H and O–H groups in total. The molecule has 1 unspecified atom stereocenters. The first-order chi connectivity index (χ1) is 14.8. The molecule has 0 aliphatic carbocycles. The minimum atomic E-state index is -4.69. The molecule has 0 aliphatic rings. The molecule has 0 saturated heterocycles. The van der Waals surface area contributed by atoms with E-state index in [4.69, 9.17) is 11.6 Å². The second-order valence-electron chi connectivity index (χ2n) is 6.35. The predicted molar refractivity (Wildman–Crippen MR) is 103 cm³/mol. The van der Waals surface area contributed by atoms with Crippen LogP contribution in [0, 0.1) is 0 Å². The maximum atomic E-state index is 13.0. The highest BCUT2D eigenvalue weighted by Gasteiger charge is 2.32. The summed E-state index contributed by atoms with van der Waals surface area (Å²) in [5, 5.41) is 6.17. The van der Waals surface area contributed by atoms with Crippen molar-refractivity contribution in [2.24, 2.45) is 0 Å². The van der Waals surface area contributed by atoms with Crippen LogP contribution in [0.1, 0.15) is 34.7 Å². The SMILES string of the molecule is CC(NC(=O)c1cc(Cl)cc(C(F)(F)F)c1)c1ncnn1-c1ccc(SC(F)(F)F)cn1. The molecule has 0 aliphatic heterocycles. The number of carbonyl (C=O) groups excluding carboxylic acids is 1. The fourth-order valence-corrected chi connectivity index (χ4v) is 3.39. The Morgan fingerprint density at radius 3 is 2.44 bits per heavy atom. The Bertz CT molecular complexity index is 1120. The van der Waals surface area contributed by atoms with E-state index in [9.17, 15) is 31.1 Å². The van der Waals surface area contributed by atoms with Gasteiger partial charge in [-0.15, -0.1) is 0 Å². The second-order valence-corrected chi connectivity index (χ2v) is 7.93. The molecular weight excluding hydrogens is 484 g/mol. The number of thioether (sulfide) groups is 1. The molecule has 0 saturated carbocycles. The summed E-state index contributed by atoms with van der Waals surface area (Å²) in [6.07, 6.45) is -2.54. The lowest BCUT2D eigenvalue weighted by atomic mass is 10.1. The first kappa shape index (κ1) is 23.9. The molecule has 6 nitrogen and oxygen atoms in total. The van der Waals surface area contributed by atoms with Gasteiger partial charge in [-0.1, -0.05) is 11.6 Å². The van der Waals surface area contributed by atoms with E-state index >= 15 is 0 Å². The van der Waals surface area contributed by atoms with Crippen molar-refractivity contribution < 1.29 is 31.1 Å². The van der Waals surface area contributed by atoms with Gasteiger partial charge in [0.25, 0.3) is 5.91 Å². The molecule has 0 bridgehead atoms. The van der Waals surface area contributed by atoms with Crippen LogP contribution in [-0.4, -0.2) is 31.2 Å². The number of benzene rings is 1. The Hall–Kier alpha value is -2.80. The van der Waals surface area contributed by atoms with Crippen molar-refractivity contribution in [1.29, 1.82) is 0 Å². The molecule has 1 amide bonds. The van der Waals surface area contributed by atoms with Crippen molar-refractivity contribution >= 4 is 29.3 Å². The molecule has 1 atom stereocenters. The molecule has 32 heavy (non-hydrogen) atoms. The highest BCUT2D eigenvalue weighted by Crippen LogP contribution is 2.36. The van der Waals surface area contributed by atoms with Gasteiger partial charge in [-0.25, -0.2) is 9.97 Å². The standard InChI is InChI=1S/C18H12ClF6N5OS/c1-9(29-16(31)10-4-11(17(20,21)22)6-12(19)5-10)15-27-8-28-30(15)14-3-2-13(7-26-14)32-18(23,24)25/h2-9H,1H3,(H,29,31). The van der Waals surface area contributed by atoms with Crippen LogP contribution < -0.4 is 5.32 Å². The van der Waals surface area contributed by atoms with Gasteiger partial charge in [-0.2, -0.15) is 36.1 Å². The molecule has 0 fully saturated rings. The largest absolute Gasteiger partial charge is 0.446 e. The average molecular weight is 496 g/mol. The third-order valence-corrected chi connectivity index (χ3v) is 4.89. The minimum absolute atomic E-state index is 0.132. The molecule has 2 heterocycles. The number of halogens is 7. The van der Waals surface area contributed by atoms with Crippen LogP contribution in [0.2, 0.25) is 5.02 Å². The lowest BCUT2D eigenvalue weighted by Crippen LogP contribution is -2.29. The number of pyridine rings is 1. The first-order valence-corrected chi connectivity index (χ1v) is 9.83. The molecule has 0 radical (unpaired) electrons. The smallest absolute Gasteiger partial charge is 0.342 e. The Morgan fingerprint density at radius 1 is 1.12 bits per heavy atom. The van der Waals surface area contributed by atoms with Crippen LogP contribution in [0.5, 0.6) is 0 Å². The quantitative estimate of drug-likeness (QED) is 0.377. The number of nitrogens with zero attached hydrogens (tertiary/aromatic N) is 4. The van der Waals surface area contributed by atoms with Gasteiger partial charge >= 0.3 is 11.7 Å². The highest BCUT2D eigenvalue weighted by atomic mass is 35.5. The lowest BCUT2D eigenvalue weighted by molar-refractivity contribution is -0.137. The van der Waals surface area contributed by atoms with E-state index in [1.165, 1.54) is 23.7 Å². The van der Waals surface area contributed by atoms with Crippen LogP contribution in [0.25, 0.3) is 5.82 Å². The van der Waals surface area contributed by atoms with Gasteiger partial charge in [0.2, 0.25) is 0 Å². The third kappa shape index (κ3) is 5.91. The summed E-state index contributed by atoms with van der Waals surface area (Å²) >= 11 is 5.38. The molecule has 1 aromatic carbocycles. The summed E-state index contributed by atoms with van der Waals surface area (Å²) in [7, 11) is 0. The van der Waals surface area contributed by atoms with Gasteiger partial charge in [-0.3, -0.25) is 4.79 Å². The third-order valence-electron chi connectivity index (χ3n) is 3.97. The number of hydrogen-bond donors (Lipinski definition) is 1. The van der Waals surface area contributed by atoms with E-state index < -0.39 is 29.2 Å². The van der Waals surface area contributed by atoms with Crippen molar-refractivity contribution in [3.63, 3.8) is 0 Å². The Labute approximate surface area is 186 Å². The zero-order valence-corrected chi connectivity index (χ0v) is 17.4. The molecule has 3 aromatic rings. The van der Waals surface area contributed by atoms with E-state index in [-0.39, 0.29) is 38.9 Å². The Kier molecular flexibility index (Phi) is 6.69. The molecule has 170 valence electrons. The normalized spacial score (nSPS) is 13.1. The average Bonchev–Trinajstić information content (AvgIpc) is 3.16. The van der Waals surface area contributed by atoms with Crippen LogP contribution in [0.4, 0.5) is 26.3 Å². The predicted octanol–water partition coefficient (Wildman–Crippen LogP) is 5.44. The Balaban J connectivity index is 1.79. The number of aromatic nitrogens is 4. The van der Waals surface area contributed by atoms with E-state index in [1.807, 2.05) is 0 Å².